The monoisotopic (exact) mass is 376 g/mol. The minimum atomic E-state index is -4.40. The molecule has 4 rings (SSSR count). The van der Waals surface area contributed by atoms with Crippen LogP contribution in [0.3, 0.4) is 0 Å². The number of alkyl halides is 3. The van der Waals surface area contributed by atoms with E-state index in [1.807, 2.05) is 0 Å². The Balaban J connectivity index is 1.62. The number of oxazole rings is 1. The number of nitrogens with zero attached hydrogens (tertiary/aromatic N) is 2. The zero-order valence-electron chi connectivity index (χ0n) is 14.0. The third kappa shape index (κ3) is 3.40. The second-order valence-corrected chi connectivity index (χ2v) is 6.47. The molecule has 5 nitrogen and oxygen atoms in total. The highest BCUT2D eigenvalue weighted by Crippen LogP contribution is 2.31. The Morgan fingerprint density at radius 1 is 1.19 bits per heavy atom. The van der Waals surface area contributed by atoms with E-state index in [1.165, 1.54) is 12.1 Å². The van der Waals surface area contributed by atoms with E-state index in [0.717, 1.165) is 12.1 Å². The molecule has 140 valence electrons. The third-order valence-electron chi connectivity index (χ3n) is 4.54. The summed E-state index contributed by atoms with van der Waals surface area (Å²) >= 11 is 0. The Labute approximate surface area is 152 Å². The molecule has 1 saturated heterocycles. The van der Waals surface area contributed by atoms with Gasteiger partial charge < -0.3 is 14.4 Å². The Kier molecular flexibility index (Phi) is 4.15. The molecule has 1 aromatic heterocycles. The number of likely N-dealkylation sites (tertiary alicyclic amines) is 1. The number of hydrogen-bond acceptors (Lipinski definition) is 4. The molecule has 0 saturated carbocycles. The summed E-state index contributed by atoms with van der Waals surface area (Å²) in [5.41, 5.74) is 0.958. The molecule has 0 bridgehead atoms. The van der Waals surface area contributed by atoms with Crippen LogP contribution in [0.2, 0.25) is 0 Å². The molecule has 1 aliphatic heterocycles. The van der Waals surface area contributed by atoms with E-state index in [2.05, 4.69) is 4.98 Å². The van der Waals surface area contributed by atoms with Gasteiger partial charge in [0, 0.05) is 24.2 Å². The Morgan fingerprint density at radius 2 is 1.93 bits per heavy atom. The van der Waals surface area contributed by atoms with E-state index in [4.69, 9.17) is 4.42 Å². The first-order chi connectivity index (χ1) is 12.8. The lowest BCUT2D eigenvalue weighted by Gasteiger charge is -2.15. The van der Waals surface area contributed by atoms with Gasteiger partial charge in [-0.25, -0.2) is 4.98 Å². The molecule has 2 heterocycles. The van der Waals surface area contributed by atoms with Gasteiger partial charge in [-0.15, -0.1) is 0 Å². The second kappa shape index (κ2) is 6.38. The molecule has 0 unspecified atom stereocenters. The van der Waals surface area contributed by atoms with Gasteiger partial charge in [0.1, 0.15) is 5.52 Å². The van der Waals surface area contributed by atoms with Crippen LogP contribution in [0.4, 0.5) is 13.2 Å². The van der Waals surface area contributed by atoms with Crippen LogP contribution < -0.4 is 0 Å². The standard InChI is InChI=1S/C19H15F3N2O3/c20-19(21,22)13-4-1-11(2-5-13)17-23-15-9-12(3-6-16(15)27-17)18(26)24-8-7-14(25)10-24/h1-6,9,14,25H,7-8,10H2/t14-/m0/s1. The second-order valence-electron chi connectivity index (χ2n) is 6.47. The molecule has 1 amide bonds. The highest BCUT2D eigenvalue weighted by Gasteiger charge is 2.30. The molecule has 3 aromatic rings. The fraction of sp³-hybridized carbons (Fsp3) is 0.263. The number of benzene rings is 2. The van der Waals surface area contributed by atoms with Gasteiger partial charge in [0.25, 0.3) is 5.91 Å². The average molecular weight is 376 g/mol. The Bertz CT molecular complexity index is 996. The molecule has 0 radical (unpaired) electrons. The van der Waals surface area contributed by atoms with Crippen molar-refractivity contribution < 1.29 is 27.5 Å². The fourth-order valence-electron chi connectivity index (χ4n) is 3.09. The number of halogens is 3. The van der Waals surface area contributed by atoms with Gasteiger partial charge in [0.05, 0.1) is 11.7 Å². The number of carbonyl (C=O) groups is 1. The maximum absolute atomic E-state index is 12.7. The normalized spacial score (nSPS) is 17.6. The number of aliphatic hydroxyl groups excluding tert-OH is 1. The summed E-state index contributed by atoms with van der Waals surface area (Å²) in [5.74, 6) is -0.0209. The van der Waals surface area contributed by atoms with Crippen molar-refractivity contribution in [3.63, 3.8) is 0 Å². The van der Waals surface area contributed by atoms with E-state index in [9.17, 15) is 23.1 Å². The van der Waals surface area contributed by atoms with Gasteiger partial charge in [0.2, 0.25) is 5.89 Å². The van der Waals surface area contributed by atoms with Crippen LogP contribution >= 0.6 is 0 Å². The SMILES string of the molecule is O=C(c1ccc2oc(-c3ccc(C(F)(F)F)cc3)nc2c1)N1CC[C@H](O)C1. The number of rotatable bonds is 2. The first-order valence-electron chi connectivity index (χ1n) is 8.37. The van der Waals surface area contributed by atoms with Crippen molar-refractivity contribution in [1.82, 2.24) is 9.88 Å². The molecule has 1 atom stereocenters. The molecular formula is C19H15F3N2O3. The van der Waals surface area contributed by atoms with Crippen LogP contribution in [0.15, 0.2) is 46.9 Å². The van der Waals surface area contributed by atoms with E-state index in [1.54, 1.807) is 23.1 Å². The van der Waals surface area contributed by atoms with Crippen molar-refractivity contribution in [1.29, 1.82) is 0 Å². The molecule has 1 N–H and O–H groups in total. The van der Waals surface area contributed by atoms with Gasteiger partial charge in [-0.05, 0) is 48.9 Å². The van der Waals surface area contributed by atoms with Gasteiger partial charge >= 0.3 is 6.18 Å². The summed E-state index contributed by atoms with van der Waals surface area (Å²) in [6.45, 7) is 0.792. The predicted octanol–water partition coefficient (Wildman–Crippen LogP) is 3.72. The zero-order valence-corrected chi connectivity index (χ0v) is 14.0. The van der Waals surface area contributed by atoms with Crippen LogP contribution in [-0.4, -0.2) is 40.1 Å². The lowest BCUT2D eigenvalue weighted by Crippen LogP contribution is -2.29. The van der Waals surface area contributed by atoms with Crippen LogP contribution in [0.5, 0.6) is 0 Å². The number of carbonyl (C=O) groups excluding carboxylic acids is 1. The van der Waals surface area contributed by atoms with Crippen molar-refractivity contribution in [2.24, 2.45) is 0 Å². The van der Waals surface area contributed by atoms with Crippen LogP contribution in [0.25, 0.3) is 22.6 Å². The summed E-state index contributed by atoms with van der Waals surface area (Å²) in [6, 6.07) is 9.33. The van der Waals surface area contributed by atoms with E-state index in [-0.39, 0.29) is 11.8 Å². The topological polar surface area (TPSA) is 66.6 Å². The Hall–Kier alpha value is -2.87. The average Bonchev–Trinajstić information content (AvgIpc) is 3.26. The summed E-state index contributed by atoms with van der Waals surface area (Å²) in [4.78, 5) is 18.4. The van der Waals surface area contributed by atoms with Crippen molar-refractivity contribution in [2.75, 3.05) is 13.1 Å². The summed E-state index contributed by atoms with van der Waals surface area (Å²) in [7, 11) is 0. The molecule has 8 heteroatoms. The van der Waals surface area contributed by atoms with Crippen molar-refractivity contribution in [3.05, 3.63) is 53.6 Å². The molecule has 2 aromatic carbocycles. The first-order valence-corrected chi connectivity index (χ1v) is 8.37. The van der Waals surface area contributed by atoms with Gasteiger partial charge in [-0.1, -0.05) is 0 Å². The summed E-state index contributed by atoms with van der Waals surface area (Å²) < 4.78 is 43.6. The summed E-state index contributed by atoms with van der Waals surface area (Å²) in [6.07, 6.45) is -4.36. The van der Waals surface area contributed by atoms with Crippen molar-refractivity contribution >= 4 is 17.0 Å². The minimum Gasteiger partial charge on any atom is -0.436 e. The molecule has 0 spiro atoms. The minimum absolute atomic E-state index is 0.180. The smallest absolute Gasteiger partial charge is 0.416 e. The number of hydrogen-bond donors (Lipinski definition) is 1. The highest BCUT2D eigenvalue weighted by atomic mass is 19.4. The molecular weight excluding hydrogens is 361 g/mol. The van der Waals surface area contributed by atoms with Crippen LogP contribution in [0.1, 0.15) is 22.3 Å². The molecule has 0 aliphatic carbocycles. The number of amides is 1. The van der Waals surface area contributed by atoms with Crippen molar-refractivity contribution in [2.45, 2.75) is 18.7 Å². The number of aromatic nitrogens is 1. The number of aliphatic hydroxyl groups is 1. The van der Waals surface area contributed by atoms with E-state index in [0.29, 0.717) is 41.7 Å². The largest absolute Gasteiger partial charge is 0.436 e. The van der Waals surface area contributed by atoms with Crippen molar-refractivity contribution in [3.8, 4) is 11.5 Å². The van der Waals surface area contributed by atoms with Crippen LogP contribution in [-0.2, 0) is 6.18 Å². The fourth-order valence-corrected chi connectivity index (χ4v) is 3.09. The quantitative estimate of drug-likeness (QED) is 0.740. The summed E-state index contributed by atoms with van der Waals surface area (Å²) in [5, 5.41) is 9.57. The van der Waals surface area contributed by atoms with E-state index < -0.39 is 17.8 Å². The number of β-amino-alcohol motifs (C(OH)–C–C–N with tert-alkyl or cyclic N) is 1. The highest BCUT2D eigenvalue weighted by molar-refractivity contribution is 5.97. The predicted molar refractivity (Wildman–Crippen MR) is 91.0 cm³/mol. The van der Waals surface area contributed by atoms with Gasteiger partial charge in [0.15, 0.2) is 5.58 Å². The molecule has 1 fully saturated rings. The van der Waals surface area contributed by atoms with Gasteiger partial charge in [-0.2, -0.15) is 13.2 Å². The Morgan fingerprint density at radius 3 is 2.56 bits per heavy atom. The van der Waals surface area contributed by atoms with Gasteiger partial charge in [-0.3, -0.25) is 4.79 Å². The lowest BCUT2D eigenvalue weighted by molar-refractivity contribution is -0.137. The number of fused-ring (bicyclic) bond motifs is 1. The maximum atomic E-state index is 12.7. The molecule has 1 aliphatic rings. The lowest BCUT2D eigenvalue weighted by atomic mass is 10.1. The molecule has 27 heavy (non-hydrogen) atoms. The van der Waals surface area contributed by atoms with E-state index >= 15 is 0 Å². The zero-order chi connectivity index (χ0) is 19.2. The maximum Gasteiger partial charge on any atom is 0.416 e. The third-order valence-corrected chi connectivity index (χ3v) is 4.54. The first kappa shape index (κ1) is 17.5. The van der Waals surface area contributed by atoms with Crippen LogP contribution in [0, 0.1) is 0 Å².